The quantitative estimate of drug-likeness (QED) is 0.570. The van der Waals surface area contributed by atoms with Gasteiger partial charge in [-0.15, -0.1) is 0 Å². The summed E-state index contributed by atoms with van der Waals surface area (Å²) in [5.74, 6) is -0.0853. The van der Waals surface area contributed by atoms with E-state index in [1.54, 1.807) is 0 Å². The highest BCUT2D eigenvalue weighted by Crippen LogP contribution is 2.33. The van der Waals surface area contributed by atoms with Crippen LogP contribution < -0.4 is 5.32 Å². The monoisotopic (exact) mass is 234 g/mol. The van der Waals surface area contributed by atoms with E-state index in [1.165, 1.54) is 0 Å². The lowest BCUT2D eigenvalue weighted by Crippen LogP contribution is -2.43. The summed E-state index contributed by atoms with van der Waals surface area (Å²) in [6, 6.07) is -0.530. The van der Waals surface area contributed by atoms with Gasteiger partial charge in [0.1, 0.15) is 0 Å². The molecule has 0 spiro atoms. The number of rotatable bonds is 4. The van der Waals surface area contributed by atoms with Crippen LogP contribution in [0, 0.1) is 0 Å². The molecular formula is C8H16N2O2P2. The Hall–Kier alpha value is -0.0400. The van der Waals surface area contributed by atoms with Gasteiger partial charge >= 0.3 is 0 Å². The van der Waals surface area contributed by atoms with Gasteiger partial charge in [0, 0.05) is 19.5 Å². The van der Waals surface area contributed by atoms with Crippen LogP contribution in [-0.2, 0) is 9.59 Å². The first-order chi connectivity index (χ1) is 6.70. The molecule has 3 unspecified atom stereocenters. The largest absolute Gasteiger partial charge is 0.354 e. The fraction of sp³-hybridized carbons (Fsp3) is 0.750. The predicted molar refractivity (Wildman–Crippen MR) is 61.4 cm³/mol. The molecule has 1 saturated heterocycles. The summed E-state index contributed by atoms with van der Waals surface area (Å²) in [7, 11) is 3.02. The number of amides is 1. The van der Waals surface area contributed by atoms with Crippen molar-refractivity contribution in [3.8, 4) is 0 Å². The smallest absolute Gasteiger partial charge is 0.245 e. The van der Waals surface area contributed by atoms with E-state index in [4.69, 9.17) is 0 Å². The van der Waals surface area contributed by atoms with Gasteiger partial charge in [0.05, 0.1) is 0 Å². The van der Waals surface area contributed by atoms with Crippen molar-refractivity contribution in [1.82, 2.24) is 9.99 Å². The molecule has 0 aromatic heterocycles. The Bertz CT molecular complexity index is 235. The molecule has 14 heavy (non-hydrogen) atoms. The number of nitrogens with one attached hydrogen (secondary N) is 1. The Kier molecular flexibility index (Phi) is 4.94. The molecule has 3 atom stereocenters. The third kappa shape index (κ3) is 2.73. The predicted octanol–water partition coefficient (Wildman–Crippen LogP) is 0.540. The lowest BCUT2D eigenvalue weighted by atomic mass is 10.2. The van der Waals surface area contributed by atoms with Gasteiger partial charge in [-0.3, -0.25) is 14.3 Å². The number of ketones is 1. The Morgan fingerprint density at radius 1 is 1.79 bits per heavy atom. The molecule has 1 N–H and O–H groups in total. The van der Waals surface area contributed by atoms with Gasteiger partial charge in [0.25, 0.3) is 0 Å². The summed E-state index contributed by atoms with van der Waals surface area (Å²) in [5, 5.41) is 2.76. The number of hydrogen-bond donors (Lipinski definition) is 1. The van der Waals surface area contributed by atoms with Crippen LogP contribution in [0.2, 0.25) is 0 Å². The van der Waals surface area contributed by atoms with Crippen LogP contribution in [0.4, 0.5) is 0 Å². The molecule has 1 amide bonds. The van der Waals surface area contributed by atoms with Crippen molar-refractivity contribution in [3.63, 3.8) is 0 Å². The van der Waals surface area contributed by atoms with Crippen molar-refractivity contribution in [2.75, 3.05) is 13.1 Å². The summed E-state index contributed by atoms with van der Waals surface area (Å²) >= 11 is 0. The number of carbonyl (C=O) groups excluding carboxylic acids is 2. The standard InChI is InChI=1S/C8H16N2O2P2/c1-2-4-9-8(12)7-6(11)3-5-10(7)14-13/h7,14H,2-5,13H2,1H3,(H,9,12). The minimum atomic E-state index is -0.530. The highest BCUT2D eigenvalue weighted by atomic mass is 32.0. The normalized spacial score (nSPS) is 23.6. The second-order valence-electron chi connectivity index (χ2n) is 3.23. The third-order valence-corrected chi connectivity index (χ3v) is 3.99. The zero-order valence-corrected chi connectivity index (χ0v) is 10.4. The summed E-state index contributed by atoms with van der Waals surface area (Å²) in [5.41, 5.74) is 0. The van der Waals surface area contributed by atoms with Gasteiger partial charge in [0.15, 0.2) is 11.8 Å². The second-order valence-corrected chi connectivity index (χ2v) is 4.84. The molecule has 0 aromatic carbocycles. The van der Waals surface area contributed by atoms with Gasteiger partial charge < -0.3 is 5.32 Å². The Balaban J connectivity index is 2.54. The van der Waals surface area contributed by atoms with Crippen LogP contribution in [0.3, 0.4) is 0 Å². The van der Waals surface area contributed by atoms with Crippen molar-refractivity contribution >= 4 is 29.0 Å². The minimum absolute atomic E-state index is 0.0496. The van der Waals surface area contributed by atoms with E-state index in [9.17, 15) is 9.59 Å². The zero-order chi connectivity index (χ0) is 10.6. The Morgan fingerprint density at radius 2 is 2.50 bits per heavy atom. The van der Waals surface area contributed by atoms with E-state index in [1.807, 2.05) is 11.6 Å². The van der Waals surface area contributed by atoms with Crippen molar-refractivity contribution in [1.29, 1.82) is 0 Å². The minimum Gasteiger partial charge on any atom is -0.354 e. The molecule has 1 fully saturated rings. The SMILES string of the molecule is CCCNC(=O)C1C(=O)CCN1PP. The first kappa shape index (κ1) is 12.0. The molecule has 80 valence electrons. The second kappa shape index (κ2) is 5.75. The van der Waals surface area contributed by atoms with Crippen molar-refractivity contribution in [2.45, 2.75) is 25.8 Å². The van der Waals surface area contributed by atoms with E-state index < -0.39 is 6.04 Å². The molecule has 0 aromatic rings. The maximum atomic E-state index is 11.6. The Labute approximate surface area is 88.1 Å². The fourth-order valence-corrected chi connectivity index (χ4v) is 2.93. The van der Waals surface area contributed by atoms with Gasteiger partial charge in [-0.2, -0.15) is 0 Å². The van der Waals surface area contributed by atoms with Gasteiger partial charge in [0.2, 0.25) is 5.91 Å². The van der Waals surface area contributed by atoms with Gasteiger partial charge in [-0.05, 0) is 14.8 Å². The summed E-state index contributed by atoms with van der Waals surface area (Å²) in [6.07, 6.45) is 1.40. The highest BCUT2D eigenvalue weighted by molar-refractivity contribution is 8.01. The fourth-order valence-electron chi connectivity index (χ4n) is 1.44. The van der Waals surface area contributed by atoms with E-state index in [0.717, 1.165) is 6.42 Å². The van der Waals surface area contributed by atoms with Crippen LogP contribution in [0.15, 0.2) is 0 Å². The molecular weight excluding hydrogens is 218 g/mol. The summed E-state index contributed by atoms with van der Waals surface area (Å²) in [6.45, 7) is 3.35. The highest BCUT2D eigenvalue weighted by Gasteiger charge is 2.36. The lowest BCUT2D eigenvalue weighted by Gasteiger charge is -2.19. The molecule has 1 aliphatic rings. The molecule has 0 saturated carbocycles. The van der Waals surface area contributed by atoms with Crippen LogP contribution >= 0.6 is 17.3 Å². The summed E-state index contributed by atoms with van der Waals surface area (Å²) < 4.78 is 1.91. The maximum absolute atomic E-state index is 11.6. The molecule has 1 heterocycles. The van der Waals surface area contributed by atoms with Crippen LogP contribution in [0.1, 0.15) is 19.8 Å². The third-order valence-electron chi connectivity index (χ3n) is 2.18. The van der Waals surface area contributed by atoms with E-state index in [-0.39, 0.29) is 11.7 Å². The number of nitrogens with zero attached hydrogens (tertiary/aromatic N) is 1. The topological polar surface area (TPSA) is 49.4 Å². The molecule has 0 aliphatic carbocycles. The van der Waals surface area contributed by atoms with Gasteiger partial charge in [-0.1, -0.05) is 15.9 Å². The molecule has 4 nitrogen and oxygen atoms in total. The molecule has 0 radical (unpaired) electrons. The molecule has 1 rings (SSSR count). The van der Waals surface area contributed by atoms with E-state index in [2.05, 4.69) is 14.2 Å². The van der Waals surface area contributed by atoms with E-state index in [0.29, 0.717) is 27.9 Å². The first-order valence-corrected chi connectivity index (χ1v) is 7.49. The van der Waals surface area contributed by atoms with E-state index >= 15 is 0 Å². The number of hydrogen-bond acceptors (Lipinski definition) is 3. The number of carbonyl (C=O) groups is 2. The number of Topliss-reactive ketones (excluding diaryl/α,β-unsaturated/α-hetero) is 1. The molecule has 6 heteroatoms. The molecule has 1 aliphatic heterocycles. The molecule has 0 bridgehead atoms. The maximum Gasteiger partial charge on any atom is 0.245 e. The average Bonchev–Trinajstić information content (AvgIpc) is 2.56. The van der Waals surface area contributed by atoms with Crippen LogP contribution in [-0.4, -0.2) is 35.5 Å². The zero-order valence-electron chi connectivity index (χ0n) is 8.25. The lowest BCUT2D eigenvalue weighted by molar-refractivity contribution is -0.130. The van der Waals surface area contributed by atoms with Crippen molar-refractivity contribution in [3.05, 3.63) is 0 Å². The van der Waals surface area contributed by atoms with Gasteiger partial charge in [-0.25, -0.2) is 0 Å². The van der Waals surface area contributed by atoms with Crippen molar-refractivity contribution in [2.24, 2.45) is 0 Å². The van der Waals surface area contributed by atoms with Crippen molar-refractivity contribution < 1.29 is 9.59 Å². The van der Waals surface area contributed by atoms with Crippen LogP contribution in [0.5, 0.6) is 0 Å². The Morgan fingerprint density at radius 3 is 3.07 bits per heavy atom. The van der Waals surface area contributed by atoms with Crippen LogP contribution in [0.25, 0.3) is 0 Å². The first-order valence-electron chi connectivity index (χ1n) is 4.74. The summed E-state index contributed by atoms with van der Waals surface area (Å²) in [4.78, 5) is 23.0. The average molecular weight is 234 g/mol.